The van der Waals surface area contributed by atoms with E-state index in [1.165, 1.54) is 15.1 Å². The maximum absolute atomic E-state index is 12.7. The number of rotatable bonds is 2. The molecule has 0 fully saturated rings. The van der Waals surface area contributed by atoms with Crippen molar-refractivity contribution >= 4 is 16.8 Å². The van der Waals surface area contributed by atoms with E-state index in [1.54, 1.807) is 30.5 Å². The number of aromatic nitrogens is 6. The topological polar surface area (TPSA) is 98.2 Å². The van der Waals surface area contributed by atoms with Crippen molar-refractivity contribution in [3.63, 3.8) is 0 Å². The van der Waals surface area contributed by atoms with Crippen LogP contribution in [0.4, 0.5) is 0 Å². The Morgan fingerprint density at radius 2 is 2.09 bits per heavy atom. The molecule has 0 bridgehead atoms. The molecule has 4 rings (SSSR count). The lowest BCUT2D eigenvalue weighted by Gasteiger charge is -2.07. The third kappa shape index (κ3) is 2.03. The first-order chi connectivity index (χ1) is 11.2. The molecule has 0 aliphatic rings. The number of aromatic hydroxyl groups is 1. The van der Waals surface area contributed by atoms with Crippen LogP contribution < -0.4 is 5.56 Å². The summed E-state index contributed by atoms with van der Waals surface area (Å²) in [6.45, 7) is 1.94. The van der Waals surface area contributed by atoms with Crippen molar-refractivity contribution in [2.45, 2.75) is 13.3 Å². The molecule has 0 amide bonds. The largest absolute Gasteiger partial charge is 0.508 e. The predicted octanol–water partition coefficient (Wildman–Crippen LogP) is 1.09. The fourth-order valence-electron chi connectivity index (χ4n) is 2.44. The third-order valence-electron chi connectivity index (χ3n) is 3.57. The molecule has 3 heterocycles. The van der Waals surface area contributed by atoms with Crippen LogP contribution in [-0.2, 0) is 6.42 Å². The van der Waals surface area contributed by atoms with Gasteiger partial charge in [-0.05, 0) is 18.2 Å². The molecule has 3 aromatic heterocycles. The highest BCUT2D eigenvalue weighted by atomic mass is 16.3. The SMILES string of the molecule is CCc1nc2nnc3c(=O)n(-c4cccc(O)c4)ccc3n2n1. The number of hydrogen-bond donors (Lipinski definition) is 1. The minimum atomic E-state index is -0.337. The van der Waals surface area contributed by atoms with Gasteiger partial charge in [-0.2, -0.15) is 9.50 Å². The number of hydrogen-bond acceptors (Lipinski definition) is 6. The molecule has 0 aliphatic heterocycles. The van der Waals surface area contributed by atoms with Gasteiger partial charge in [0.2, 0.25) is 0 Å². The van der Waals surface area contributed by atoms with Crippen molar-refractivity contribution in [3.05, 3.63) is 52.7 Å². The van der Waals surface area contributed by atoms with Crippen molar-refractivity contribution in [1.29, 1.82) is 0 Å². The number of phenols is 1. The van der Waals surface area contributed by atoms with Crippen LogP contribution in [0.2, 0.25) is 0 Å². The van der Waals surface area contributed by atoms with Crippen molar-refractivity contribution in [3.8, 4) is 11.4 Å². The average molecular weight is 308 g/mol. The smallest absolute Gasteiger partial charge is 0.285 e. The maximum atomic E-state index is 12.7. The molecule has 0 atom stereocenters. The molecule has 0 unspecified atom stereocenters. The van der Waals surface area contributed by atoms with E-state index >= 15 is 0 Å². The molecule has 0 radical (unpaired) electrons. The monoisotopic (exact) mass is 308 g/mol. The van der Waals surface area contributed by atoms with Crippen LogP contribution in [0, 0.1) is 0 Å². The first-order valence-corrected chi connectivity index (χ1v) is 7.10. The van der Waals surface area contributed by atoms with Crippen LogP contribution in [0.1, 0.15) is 12.7 Å². The van der Waals surface area contributed by atoms with Gasteiger partial charge < -0.3 is 5.11 Å². The predicted molar refractivity (Wildman–Crippen MR) is 82.7 cm³/mol. The van der Waals surface area contributed by atoms with E-state index < -0.39 is 0 Å². The summed E-state index contributed by atoms with van der Waals surface area (Å²) in [6.07, 6.45) is 2.29. The van der Waals surface area contributed by atoms with Gasteiger partial charge in [0.1, 0.15) is 11.3 Å². The zero-order valence-corrected chi connectivity index (χ0v) is 12.2. The number of benzene rings is 1. The quantitative estimate of drug-likeness (QED) is 0.595. The molecule has 0 spiro atoms. The zero-order valence-electron chi connectivity index (χ0n) is 12.2. The van der Waals surface area contributed by atoms with Crippen LogP contribution >= 0.6 is 0 Å². The Kier molecular flexibility index (Phi) is 2.83. The Bertz CT molecular complexity index is 1100. The molecule has 0 saturated carbocycles. The Morgan fingerprint density at radius 3 is 2.87 bits per heavy atom. The summed E-state index contributed by atoms with van der Waals surface area (Å²) >= 11 is 0. The lowest BCUT2D eigenvalue weighted by Crippen LogP contribution is -2.20. The van der Waals surface area contributed by atoms with E-state index in [9.17, 15) is 9.90 Å². The van der Waals surface area contributed by atoms with Crippen LogP contribution in [0.25, 0.3) is 22.5 Å². The standard InChI is InChI=1S/C15H12N6O2/c1-2-12-16-15-18-17-13-11(21(15)19-12)6-7-20(14(13)23)9-4-3-5-10(22)8-9/h3-8,22H,2H2,1H3. The van der Waals surface area contributed by atoms with Gasteiger partial charge in [-0.25, -0.2) is 0 Å². The molecule has 0 aliphatic carbocycles. The molecule has 114 valence electrons. The van der Waals surface area contributed by atoms with Gasteiger partial charge in [-0.15, -0.1) is 15.3 Å². The highest BCUT2D eigenvalue weighted by Gasteiger charge is 2.13. The summed E-state index contributed by atoms with van der Waals surface area (Å²) in [6, 6.07) is 8.17. The maximum Gasteiger partial charge on any atom is 0.285 e. The lowest BCUT2D eigenvalue weighted by atomic mass is 10.3. The summed E-state index contributed by atoms with van der Waals surface area (Å²) < 4.78 is 2.93. The Labute approximate surface area is 129 Å². The summed E-state index contributed by atoms with van der Waals surface area (Å²) in [5.74, 6) is 1.09. The summed E-state index contributed by atoms with van der Waals surface area (Å²) in [5, 5.41) is 21.9. The van der Waals surface area contributed by atoms with Gasteiger partial charge in [0.05, 0.1) is 5.69 Å². The normalized spacial score (nSPS) is 11.3. The van der Waals surface area contributed by atoms with E-state index in [-0.39, 0.29) is 16.8 Å². The second kappa shape index (κ2) is 4.87. The molecule has 1 N–H and O–H groups in total. The van der Waals surface area contributed by atoms with E-state index in [2.05, 4.69) is 20.3 Å². The van der Waals surface area contributed by atoms with Gasteiger partial charge >= 0.3 is 0 Å². The highest BCUT2D eigenvalue weighted by Crippen LogP contribution is 2.15. The minimum absolute atomic E-state index is 0.0832. The van der Waals surface area contributed by atoms with Crippen LogP contribution in [0.5, 0.6) is 5.75 Å². The Morgan fingerprint density at radius 1 is 1.22 bits per heavy atom. The number of phenolic OH excluding ortho intramolecular Hbond substituents is 1. The Hall–Kier alpha value is -3.29. The van der Waals surface area contributed by atoms with Crippen molar-refractivity contribution in [2.75, 3.05) is 0 Å². The zero-order chi connectivity index (χ0) is 16.0. The molecule has 0 saturated heterocycles. The number of aryl methyl sites for hydroxylation is 1. The fraction of sp³-hybridized carbons (Fsp3) is 0.133. The van der Waals surface area contributed by atoms with Crippen LogP contribution in [0.3, 0.4) is 0 Å². The molecular weight excluding hydrogens is 296 g/mol. The number of nitrogens with zero attached hydrogens (tertiary/aromatic N) is 6. The molecule has 23 heavy (non-hydrogen) atoms. The average Bonchev–Trinajstić information content (AvgIpc) is 2.99. The molecule has 4 aromatic rings. The van der Waals surface area contributed by atoms with Crippen molar-refractivity contribution in [2.24, 2.45) is 0 Å². The third-order valence-corrected chi connectivity index (χ3v) is 3.57. The van der Waals surface area contributed by atoms with Crippen molar-refractivity contribution < 1.29 is 5.11 Å². The Balaban J connectivity index is 2.02. The van der Waals surface area contributed by atoms with Gasteiger partial charge in [0, 0.05) is 18.7 Å². The molecule has 8 nitrogen and oxygen atoms in total. The number of fused-ring (bicyclic) bond motifs is 3. The minimum Gasteiger partial charge on any atom is -0.508 e. The lowest BCUT2D eigenvalue weighted by molar-refractivity contribution is 0.475. The van der Waals surface area contributed by atoms with Crippen LogP contribution in [-0.4, -0.2) is 34.5 Å². The van der Waals surface area contributed by atoms with Crippen LogP contribution in [0.15, 0.2) is 41.3 Å². The molecular formula is C15H12N6O2. The first kappa shape index (κ1) is 13.4. The summed E-state index contributed by atoms with van der Waals surface area (Å²) in [5.41, 5.74) is 0.946. The van der Waals surface area contributed by atoms with Crippen molar-refractivity contribution in [1.82, 2.24) is 29.4 Å². The molecule has 1 aromatic carbocycles. The second-order valence-corrected chi connectivity index (χ2v) is 5.04. The van der Waals surface area contributed by atoms with E-state index in [0.29, 0.717) is 29.2 Å². The van der Waals surface area contributed by atoms with E-state index in [0.717, 1.165) is 0 Å². The van der Waals surface area contributed by atoms with Gasteiger partial charge in [-0.3, -0.25) is 9.36 Å². The molecule has 8 heteroatoms. The van der Waals surface area contributed by atoms with E-state index in [1.807, 2.05) is 6.92 Å². The van der Waals surface area contributed by atoms with Gasteiger partial charge in [0.25, 0.3) is 11.3 Å². The fourth-order valence-corrected chi connectivity index (χ4v) is 2.44. The summed E-state index contributed by atoms with van der Waals surface area (Å²) in [7, 11) is 0. The van der Waals surface area contributed by atoms with E-state index in [4.69, 9.17) is 0 Å². The number of pyridine rings is 1. The second-order valence-electron chi connectivity index (χ2n) is 5.04. The highest BCUT2D eigenvalue weighted by molar-refractivity contribution is 5.74. The van der Waals surface area contributed by atoms with Gasteiger partial charge in [-0.1, -0.05) is 13.0 Å². The first-order valence-electron chi connectivity index (χ1n) is 7.10. The summed E-state index contributed by atoms with van der Waals surface area (Å²) in [4.78, 5) is 16.9. The van der Waals surface area contributed by atoms with Gasteiger partial charge in [0.15, 0.2) is 11.3 Å².